The molecular weight excluding hydrogens is 341 g/mol. The summed E-state index contributed by atoms with van der Waals surface area (Å²) in [5, 5.41) is 1.50. The molecule has 0 amide bonds. The van der Waals surface area contributed by atoms with Crippen molar-refractivity contribution >= 4 is 35.0 Å². The van der Waals surface area contributed by atoms with E-state index in [4.69, 9.17) is 27.9 Å². The summed E-state index contributed by atoms with van der Waals surface area (Å²) in [6.45, 7) is 3.30. The predicted octanol–water partition coefficient (Wildman–Crippen LogP) is 5.38. The molecule has 1 aliphatic heterocycles. The summed E-state index contributed by atoms with van der Waals surface area (Å²) < 4.78 is 5.47. The maximum absolute atomic E-state index is 6.02. The van der Waals surface area contributed by atoms with Crippen molar-refractivity contribution in [3.8, 4) is 0 Å². The summed E-state index contributed by atoms with van der Waals surface area (Å²) in [7, 11) is 0. The molecule has 2 aromatic carbocycles. The lowest BCUT2D eigenvalue weighted by atomic mass is 10.1. The van der Waals surface area contributed by atoms with E-state index in [2.05, 4.69) is 35.3 Å². The van der Waals surface area contributed by atoms with Crippen LogP contribution in [0.15, 0.2) is 60.7 Å². The van der Waals surface area contributed by atoms with Crippen LogP contribution in [0.25, 0.3) is 11.8 Å². The molecule has 24 heavy (non-hydrogen) atoms. The Hall–Kier alpha value is -1.74. The minimum Gasteiger partial charge on any atom is -0.378 e. The number of halogens is 2. The summed E-state index contributed by atoms with van der Waals surface area (Å²) >= 11 is 11.9. The third kappa shape index (κ3) is 4.64. The molecule has 1 saturated heterocycles. The van der Waals surface area contributed by atoms with E-state index in [0.29, 0.717) is 0 Å². The second-order valence-corrected chi connectivity index (χ2v) is 6.44. The van der Waals surface area contributed by atoms with Gasteiger partial charge in [-0.05, 0) is 41.5 Å². The lowest BCUT2D eigenvalue weighted by Crippen LogP contribution is -2.34. The molecule has 4 heteroatoms. The van der Waals surface area contributed by atoms with Crippen molar-refractivity contribution in [1.29, 1.82) is 0 Å². The Labute approximate surface area is 153 Å². The molecular formula is C20H19Cl2NO. The molecule has 3 rings (SSSR count). The van der Waals surface area contributed by atoms with Gasteiger partial charge in [0, 0.05) is 28.8 Å². The molecule has 1 heterocycles. The first kappa shape index (κ1) is 17.1. The third-order valence-corrected chi connectivity index (χ3v) is 4.41. The number of allylic oxidation sites excluding steroid dienone is 2. The third-order valence-electron chi connectivity index (χ3n) is 3.90. The van der Waals surface area contributed by atoms with Crippen LogP contribution in [0.5, 0.6) is 0 Å². The largest absolute Gasteiger partial charge is 0.378 e. The highest BCUT2D eigenvalue weighted by Crippen LogP contribution is 2.23. The first-order valence-electron chi connectivity index (χ1n) is 7.95. The maximum atomic E-state index is 6.02. The van der Waals surface area contributed by atoms with Crippen LogP contribution in [0.4, 0.5) is 0 Å². The van der Waals surface area contributed by atoms with Crippen LogP contribution < -0.4 is 0 Å². The molecule has 124 valence electrons. The number of hydrogen-bond acceptors (Lipinski definition) is 2. The number of ether oxygens (including phenoxy) is 1. The molecule has 0 radical (unpaired) electrons. The zero-order valence-corrected chi connectivity index (χ0v) is 14.8. The zero-order valence-electron chi connectivity index (χ0n) is 13.3. The number of hydrogen-bond donors (Lipinski definition) is 0. The molecule has 2 nitrogen and oxygen atoms in total. The van der Waals surface area contributed by atoms with Crippen molar-refractivity contribution in [2.75, 3.05) is 26.3 Å². The first-order valence-corrected chi connectivity index (χ1v) is 8.70. The smallest absolute Gasteiger partial charge is 0.0642 e. The van der Waals surface area contributed by atoms with E-state index in [9.17, 15) is 0 Å². The topological polar surface area (TPSA) is 12.5 Å². The van der Waals surface area contributed by atoms with Crippen molar-refractivity contribution in [2.45, 2.75) is 0 Å². The summed E-state index contributed by atoms with van der Waals surface area (Å²) in [5.74, 6) is 0. The summed E-state index contributed by atoms with van der Waals surface area (Å²) in [4.78, 5) is 2.35. The number of morpholine rings is 1. The molecule has 0 unspecified atom stereocenters. The fourth-order valence-corrected chi connectivity index (χ4v) is 2.89. The van der Waals surface area contributed by atoms with Gasteiger partial charge in [-0.15, -0.1) is 0 Å². The molecule has 0 atom stereocenters. The SMILES string of the molecule is Clc1ccc(/C=C/C=C(\c2ccc(Cl)cc2)N2CCOCC2)cc1. The Bertz CT molecular complexity index is 714. The van der Waals surface area contributed by atoms with Gasteiger partial charge in [-0.2, -0.15) is 0 Å². The van der Waals surface area contributed by atoms with Crippen LogP contribution in [0.2, 0.25) is 10.0 Å². The fourth-order valence-electron chi connectivity index (χ4n) is 2.63. The van der Waals surface area contributed by atoms with Crippen molar-refractivity contribution < 1.29 is 4.74 Å². The second kappa shape index (κ2) is 8.39. The predicted molar refractivity (Wildman–Crippen MR) is 102 cm³/mol. The van der Waals surface area contributed by atoms with Crippen LogP contribution in [-0.2, 0) is 4.74 Å². The molecule has 1 fully saturated rings. The molecule has 0 saturated carbocycles. The average molecular weight is 360 g/mol. The van der Waals surface area contributed by atoms with Crippen molar-refractivity contribution in [2.24, 2.45) is 0 Å². The lowest BCUT2D eigenvalue weighted by Gasteiger charge is -2.31. The van der Waals surface area contributed by atoms with Crippen molar-refractivity contribution in [3.05, 3.63) is 81.9 Å². The lowest BCUT2D eigenvalue weighted by molar-refractivity contribution is 0.0639. The number of benzene rings is 2. The van der Waals surface area contributed by atoms with Gasteiger partial charge in [-0.1, -0.05) is 59.6 Å². The first-order chi connectivity index (χ1) is 11.7. The quantitative estimate of drug-likeness (QED) is 0.679. The monoisotopic (exact) mass is 359 g/mol. The minimum atomic E-state index is 0.747. The zero-order chi connectivity index (χ0) is 16.8. The summed E-state index contributed by atoms with van der Waals surface area (Å²) in [6, 6.07) is 15.8. The summed E-state index contributed by atoms with van der Waals surface area (Å²) in [6.07, 6.45) is 6.29. The van der Waals surface area contributed by atoms with E-state index in [1.54, 1.807) is 0 Å². The Kier molecular flexibility index (Phi) is 5.97. The van der Waals surface area contributed by atoms with Gasteiger partial charge < -0.3 is 9.64 Å². The van der Waals surface area contributed by atoms with Crippen LogP contribution in [0.1, 0.15) is 11.1 Å². The van der Waals surface area contributed by atoms with Gasteiger partial charge in [0.1, 0.15) is 0 Å². The van der Waals surface area contributed by atoms with Gasteiger partial charge >= 0.3 is 0 Å². The van der Waals surface area contributed by atoms with Gasteiger partial charge in [0.25, 0.3) is 0 Å². The van der Waals surface area contributed by atoms with E-state index in [1.165, 1.54) is 5.70 Å². The van der Waals surface area contributed by atoms with Crippen molar-refractivity contribution in [1.82, 2.24) is 4.90 Å². The highest BCUT2D eigenvalue weighted by molar-refractivity contribution is 6.30. The van der Waals surface area contributed by atoms with Gasteiger partial charge in [-0.25, -0.2) is 0 Å². The van der Waals surface area contributed by atoms with Gasteiger partial charge in [-0.3, -0.25) is 0 Å². The van der Waals surface area contributed by atoms with Crippen LogP contribution in [0, 0.1) is 0 Å². The van der Waals surface area contributed by atoms with E-state index >= 15 is 0 Å². The maximum Gasteiger partial charge on any atom is 0.0642 e. The standard InChI is InChI=1S/C20H19Cl2NO/c21-18-8-4-16(5-9-18)2-1-3-20(23-12-14-24-15-13-23)17-6-10-19(22)11-7-17/h1-11H,12-15H2/b2-1+,20-3+. The molecule has 0 aliphatic carbocycles. The van der Waals surface area contributed by atoms with Crippen LogP contribution in [0.3, 0.4) is 0 Å². The van der Waals surface area contributed by atoms with E-state index in [0.717, 1.165) is 47.5 Å². The number of rotatable bonds is 4. The Morgan fingerprint density at radius 1 is 0.875 bits per heavy atom. The molecule has 2 aromatic rings. The van der Waals surface area contributed by atoms with Crippen LogP contribution in [-0.4, -0.2) is 31.2 Å². The fraction of sp³-hybridized carbons (Fsp3) is 0.200. The molecule has 1 aliphatic rings. The van der Waals surface area contributed by atoms with Gasteiger partial charge in [0.05, 0.1) is 13.2 Å². The molecule has 0 spiro atoms. The molecule has 0 N–H and O–H groups in total. The Morgan fingerprint density at radius 2 is 1.46 bits per heavy atom. The van der Waals surface area contributed by atoms with Crippen LogP contribution >= 0.6 is 23.2 Å². The highest BCUT2D eigenvalue weighted by Gasteiger charge is 2.14. The van der Waals surface area contributed by atoms with E-state index in [1.807, 2.05) is 36.4 Å². The highest BCUT2D eigenvalue weighted by atomic mass is 35.5. The Morgan fingerprint density at radius 3 is 2.08 bits per heavy atom. The minimum absolute atomic E-state index is 0.747. The summed E-state index contributed by atoms with van der Waals surface area (Å²) in [5.41, 5.74) is 3.45. The van der Waals surface area contributed by atoms with E-state index in [-0.39, 0.29) is 0 Å². The normalized spacial score (nSPS) is 15.9. The molecule has 0 bridgehead atoms. The Balaban J connectivity index is 1.85. The van der Waals surface area contributed by atoms with E-state index < -0.39 is 0 Å². The molecule has 0 aromatic heterocycles. The van der Waals surface area contributed by atoms with Crippen molar-refractivity contribution in [3.63, 3.8) is 0 Å². The van der Waals surface area contributed by atoms with Gasteiger partial charge in [0.2, 0.25) is 0 Å². The second-order valence-electron chi connectivity index (χ2n) is 5.57. The average Bonchev–Trinajstić information content (AvgIpc) is 2.62. The van der Waals surface area contributed by atoms with Gasteiger partial charge in [0.15, 0.2) is 0 Å². The number of nitrogens with zero attached hydrogens (tertiary/aromatic N) is 1.